The molecule has 1 aliphatic heterocycles. The van der Waals surface area contributed by atoms with E-state index in [0.717, 1.165) is 26.2 Å². The molecule has 0 bridgehead atoms. The van der Waals surface area contributed by atoms with Crippen molar-refractivity contribution in [3.05, 3.63) is 60.2 Å². The fourth-order valence-electron chi connectivity index (χ4n) is 3.59. The molecule has 1 aliphatic rings. The molecule has 25 heavy (non-hydrogen) atoms. The summed E-state index contributed by atoms with van der Waals surface area (Å²) in [4.78, 5) is 2.65. The number of piperazine rings is 1. The Morgan fingerprint density at radius 3 is 2.00 bits per heavy atom. The van der Waals surface area contributed by atoms with E-state index in [1.165, 1.54) is 23.1 Å². The van der Waals surface area contributed by atoms with Crippen LogP contribution in [0, 0.1) is 5.92 Å². The second-order valence-corrected chi connectivity index (χ2v) is 6.60. The number of hydrogen-bond acceptors (Lipinski definition) is 2. The van der Waals surface area contributed by atoms with Crippen molar-refractivity contribution in [3.63, 3.8) is 0 Å². The number of nitrogens with one attached hydrogen (secondary N) is 1. The zero-order valence-corrected chi connectivity index (χ0v) is 16.8. The lowest BCUT2D eigenvalue weighted by molar-refractivity contribution is 0.128. The molecule has 0 aliphatic carbocycles. The highest BCUT2D eigenvalue weighted by Gasteiger charge is 2.26. The second kappa shape index (κ2) is 10.8. The van der Waals surface area contributed by atoms with Crippen LogP contribution in [0.15, 0.2) is 54.6 Å². The maximum Gasteiger partial charge on any atom is 0.0374 e. The van der Waals surface area contributed by atoms with Crippen molar-refractivity contribution in [2.24, 2.45) is 5.92 Å². The molecule has 1 unspecified atom stereocenters. The average molecular weight is 381 g/mol. The Balaban J connectivity index is 0.00000156. The van der Waals surface area contributed by atoms with Crippen molar-refractivity contribution in [2.75, 3.05) is 26.2 Å². The van der Waals surface area contributed by atoms with E-state index in [9.17, 15) is 0 Å². The third kappa shape index (κ3) is 5.46. The first-order chi connectivity index (χ1) is 11.3. The van der Waals surface area contributed by atoms with Gasteiger partial charge in [-0.05, 0) is 22.6 Å². The Kier molecular flexibility index (Phi) is 9.52. The Bertz CT molecular complexity index is 595. The second-order valence-electron chi connectivity index (χ2n) is 6.60. The minimum Gasteiger partial charge on any atom is -0.314 e. The van der Waals surface area contributed by atoms with Gasteiger partial charge < -0.3 is 5.32 Å². The summed E-state index contributed by atoms with van der Waals surface area (Å²) in [5, 5.41) is 3.47. The molecule has 1 N–H and O–H groups in total. The molecule has 2 atom stereocenters. The molecule has 2 aromatic rings. The molecule has 0 saturated carbocycles. The lowest BCUT2D eigenvalue weighted by Gasteiger charge is -2.38. The van der Waals surface area contributed by atoms with Gasteiger partial charge in [-0.1, -0.05) is 74.9 Å². The molecule has 1 heterocycles. The van der Waals surface area contributed by atoms with Crippen LogP contribution in [0.4, 0.5) is 0 Å². The monoisotopic (exact) mass is 380 g/mol. The molecule has 0 spiro atoms. The molecule has 4 heteroatoms. The number of rotatable bonds is 5. The summed E-state index contributed by atoms with van der Waals surface area (Å²) in [6.07, 6.45) is 1.22. The molecule has 3 rings (SSSR count). The molecule has 2 aromatic carbocycles. The highest BCUT2D eigenvalue weighted by atomic mass is 35.5. The highest BCUT2D eigenvalue weighted by molar-refractivity contribution is 5.85. The molecule has 2 nitrogen and oxygen atoms in total. The fourth-order valence-corrected chi connectivity index (χ4v) is 3.59. The molecule has 0 radical (unpaired) electrons. The van der Waals surface area contributed by atoms with Gasteiger partial charge in [0.1, 0.15) is 0 Å². The number of benzene rings is 2. The highest BCUT2D eigenvalue weighted by Crippen LogP contribution is 2.32. The molecular formula is C21H30Cl2N2. The average Bonchev–Trinajstić information content (AvgIpc) is 2.64. The predicted molar refractivity (Wildman–Crippen MR) is 113 cm³/mol. The Morgan fingerprint density at radius 2 is 1.44 bits per heavy atom. The van der Waals surface area contributed by atoms with Crippen molar-refractivity contribution in [1.29, 1.82) is 0 Å². The summed E-state index contributed by atoms with van der Waals surface area (Å²) in [7, 11) is 0. The van der Waals surface area contributed by atoms with Crippen molar-refractivity contribution in [3.8, 4) is 11.1 Å². The van der Waals surface area contributed by atoms with Crippen molar-refractivity contribution in [1.82, 2.24) is 10.2 Å². The fraction of sp³-hybridized carbons (Fsp3) is 0.429. The van der Waals surface area contributed by atoms with Gasteiger partial charge in [-0.2, -0.15) is 0 Å². The van der Waals surface area contributed by atoms with Gasteiger partial charge in [0.25, 0.3) is 0 Å². The van der Waals surface area contributed by atoms with Gasteiger partial charge in [0.15, 0.2) is 0 Å². The first-order valence-electron chi connectivity index (χ1n) is 8.89. The largest absolute Gasteiger partial charge is 0.314 e. The standard InChI is InChI=1S/C21H28N2.2ClH/c1-3-17(2)21(23-15-13-22-14-16-23)20-11-9-19(10-12-20)18-7-5-4-6-8-18;;/h4-12,17,21-22H,3,13-16H2,1-2H3;2*1H/t17?,21-;;/m0../s1. The SMILES string of the molecule is CCC(C)[C@@H](c1ccc(-c2ccccc2)cc1)N1CCNCC1.Cl.Cl. The summed E-state index contributed by atoms with van der Waals surface area (Å²) >= 11 is 0. The third-order valence-electron chi connectivity index (χ3n) is 5.09. The lowest BCUT2D eigenvalue weighted by Crippen LogP contribution is -2.46. The lowest BCUT2D eigenvalue weighted by atomic mass is 9.89. The predicted octanol–water partition coefficient (Wildman–Crippen LogP) is 5.19. The zero-order chi connectivity index (χ0) is 16.1. The van der Waals surface area contributed by atoms with Gasteiger partial charge in [0.05, 0.1) is 0 Å². The van der Waals surface area contributed by atoms with Gasteiger partial charge in [0, 0.05) is 32.2 Å². The van der Waals surface area contributed by atoms with Gasteiger partial charge >= 0.3 is 0 Å². The molecular weight excluding hydrogens is 351 g/mol. The molecule has 0 amide bonds. The van der Waals surface area contributed by atoms with Crippen LogP contribution in [0.5, 0.6) is 0 Å². The maximum atomic E-state index is 3.47. The Morgan fingerprint density at radius 1 is 0.880 bits per heavy atom. The van der Waals surface area contributed by atoms with Crippen LogP contribution in [0.25, 0.3) is 11.1 Å². The summed E-state index contributed by atoms with van der Waals surface area (Å²) in [6.45, 7) is 9.20. The summed E-state index contributed by atoms with van der Waals surface area (Å²) in [6, 6.07) is 20.4. The van der Waals surface area contributed by atoms with E-state index >= 15 is 0 Å². The molecule has 138 valence electrons. The van der Waals surface area contributed by atoms with E-state index < -0.39 is 0 Å². The zero-order valence-electron chi connectivity index (χ0n) is 15.2. The normalized spacial score (nSPS) is 17.0. The van der Waals surface area contributed by atoms with Gasteiger partial charge in [0.2, 0.25) is 0 Å². The van der Waals surface area contributed by atoms with Gasteiger partial charge in [-0.15, -0.1) is 24.8 Å². The van der Waals surface area contributed by atoms with Crippen LogP contribution in [-0.4, -0.2) is 31.1 Å². The Labute approximate surface area is 164 Å². The third-order valence-corrected chi connectivity index (χ3v) is 5.09. The van der Waals surface area contributed by atoms with E-state index in [1.54, 1.807) is 0 Å². The first-order valence-corrected chi connectivity index (χ1v) is 8.89. The van der Waals surface area contributed by atoms with Crippen LogP contribution in [-0.2, 0) is 0 Å². The van der Waals surface area contributed by atoms with Crippen LogP contribution < -0.4 is 5.32 Å². The van der Waals surface area contributed by atoms with E-state index in [0.29, 0.717) is 12.0 Å². The Hall–Kier alpha value is -1.06. The summed E-state index contributed by atoms with van der Waals surface area (Å²) in [5.74, 6) is 0.677. The minimum absolute atomic E-state index is 0. The van der Waals surface area contributed by atoms with Crippen LogP contribution >= 0.6 is 24.8 Å². The van der Waals surface area contributed by atoms with Gasteiger partial charge in [-0.3, -0.25) is 4.90 Å². The van der Waals surface area contributed by atoms with Crippen molar-refractivity contribution >= 4 is 24.8 Å². The molecule has 1 saturated heterocycles. The minimum atomic E-state index is 0. The van der Waals surface area contributed by atoms with Crippen LogP contribution in [0.3, 0.4) is 0 Å². The first kappa shape index (κ1) is 22.0. The van der Waals surface area contributed by atoms with E-state index in [2.05, 4.69) is 78.7 Å². The van der Waals surface area contributed by atoms with Crippen molar-refractivity contribution < 1.29 is 0 Å². The van der Waals surface area contributed by atoms with Crippen LogP contribution in [0.2, 0.25) is 0 Å². The van der Waals surface area contributed by atoms with E-state index in [4.69, 9.17) is 0 Å². The van der Waals surface area contributed by atoms with E-state index in [1.807, 2.05) is 0 Å². The number of nitrogens with zero attached hydrogens (tertiary/aromatic N) is 1. The smallest absolute Gasteiger partial charge is 0.0374 e. The van der Waals surface area contributed by atoms with Crippen molar-refractivity contribution in [2.45, 2.75) is 26.3 Å². The van der Waals surface area contributed by atoms with Gasteiger partial charge in [-0.25, -0.2) is 0 Å². The molecule has 0 aromatic heterocycles. The van der Waals surface area contributed by atoms with E-state index in [-0.39, 0.29) is 24.8 Å². The number of halogens is 2. The van der Waals surface area contributed by atoms with Crippen LogP contribution in [0.1, 0.15) is 31.9 Å². The summed E-state index contributed by atoms with van der Waals surface area (Å²) in [5.41, 5.74) is 4.06. The number of hydrogen-bond donors (Lipinski definition) is 1. The maximum absolute atomic E-state index is 3.47. The quantitative estimate of drug-likeness (QED) is 0.767. The molecule has 1 fully saturated rings. The summed E-state index contributed by atoms with van der Waals surface area (Å²) < 4.78 is 0. The topological polar surface area (TPSA) is 15.3 Å².